The predicted octanol–water partition coefficient (Wildman–Crippen LogP) is 3.48. The van der Waals surface area contributed by atoms with E-state index < -0.39 is 16.0 Å². The van der Waals surface area contributed by atoms with Gasteiger partial charge in [-0.15, -0.1) is 0 Å². The van der Waals surface area contributed by atoms with Crippen molar-refractivity contribution in [3.05, 3.63) is 71.8 Å². The van der Waals surface area contributed by atoms with Crippen molar-refractivity contribution in [2.24, 2.45) is 0 Å². The minimum absolute atomic E-state index is 0.353. The molecule has 8 nitrogen and oxygen atoms in total. The second kappa shape index (κ2) is 14.2. The maximum absolute atomic E-state index is 13.4. The number of hydrogen-bond acceptors (Lipinski definition) is 7. The Morgan fingerprint density at radius 2 is 1.38 bits per heavy atom. The van der Waals surface area contributed by atoms with Crippen LogP contribution in [0.1, 0.15) is 38.3 Å². The van der Waals surface area contributed by atoms with E-state index >= 15 is 0 Å². The molecule has 9 heteroatoms. The van der Waals surface area contributed by atoms with Gasteiger partial charge in [0.2, 0.25) is 16.0 Å². The highest BCUT2D eigenvalue weighted by atomic mass is 32.3. The molecule has 0 bridgehead atoms. The van der Waals surface area contributed by atoms with Gasteiger partial charge in [0.1, 0.15) is 0 Å². The number of carbonyl (C=O) groups excluding carboxylic acids is 1. The van der Waals surface area contributed by atoms with Crippen molar-refractivity contribution in [3.63, 3.8) is 0 Å². The number of carbonyl (C=O) groups is 1. The fourth-order valence-electron chi connectivity index (χ4n) is 3.44. The third-order valence-corrected chi connectivity index (χ3v) is 6.22. The second-order valence-electron chi connectivity index (χ2n) is 7.89. The standard InChI is InChI=1S/C24H34NO3.CH4O4S/c1-5-25(4,6-2)19-14-20-27-23(26)24(28-7-3,21-15-10-8-11-16-21)22-17-12-9-13-18-22;1-5-6(2,3)4/h8-13,15-18H,5-7,14,19-20H2,1-4H3;1H3,(H,2,3,4)/q+1;/p-1. The zero-order valence-electron chi connectivity index (χ0n) is 20.7. The Labute approximate surface area is 204 Å². The van der Waals surface area contributed by atoms with Gasteiger partial charge in [-0.05, 0) is 31.9 Å². The molecular weight excluding hydrogens is 458 g/mol. The summed E-state index contributed by atoms with van der Waals surface area (Å²) in [5.74, 6) is -0.353. The summed E-state index contributed by atoms with van der Waals surface area (Å²) < 4.78 is 43.9. The van der Waals surface area contributed by atoms with Gasteiger partial charge >= 0.3 is 5.97 Å². The van der Waals surface area contributed by atoms with Gasteiger partial charge in [-0.3, -0.25) is 4.18 Å². The highest BCUT2D eigenvalue weighted by Crippen LogP contribution is 2.35. The van der Waals surface area contributed by atoms with Crippen molar-refractivity contribution in [1.82, 2.24) is 0 Å². The Balaban J connectivity index is 0.000000852. The van der Waals surface area contributed by atoms with Crippen LogP contribution in [0.5, 0.6) is 0 Å². The van der Waals surface area contributed by atoms with Gasteiger partial charge in [0.05, 0.1) is 40.4 Å². The molecule has 0 aliphatic heterocycles. The van der Waals surface area contributed by atoms with Crippen LogP contribution in [-0.2, 0) is 34.5 Å². The van der Waals surface area contributed by atoms with E-state index in [9.17, 15) is 17.8 Å². The maximum Gasteiger partial charge on any atom is 0.347 e. The van der Waals surface area contributed by atoms with E-state index in [1.807, 2.05) is 67.6 Å². The lowest BCUT2D eigenvalue weighted by Gasteiger charge is -2.33. The molecule has 2 aromatic rings. The molecule has 0 unspecified atom stereocenters. The molecule has 0 saturated carbocycles. The Morgan fingerprint density at radius 1 is 0.941 bits per heavy atom. The molecule has 0 amide bonds. The summed E-state index contributed by atoms with van der Waals surface area (Å²) >= 11 is 0. The molecule has 0 radical (unpaired) electrons. The average Bonchev–Trinajstić information content (AvgIpc) is 2.86. The first-order valence-corrected chi connectivity index (χ1v) is 12.7. The topological polar surface area (TPSA) is 102 Å². The molecule has 0 aliphatic rings. The van der Waals surface area contributed by atoms with E-state index in [-0.39, 0.29) is 5.97 Å². The highest BCUT2D eigenvalue weighted by molar-refractivity contribution is 7.80. The zero-order valence-corrected chi connectivity index (χ0v) is 21.5. The van der Waals surface area contributed by atoms with Crippen LogP contribution < -0.4 is 0 Å². The Morgan fingerprint density at radius 3 is 1.74 bits per heavy atom. The first-order valence-electron chi connectivity index (χ1n) is 11.4. The smallest absolute Gasteiger partial charge is 0.347 e. The fraction of sp³-hybridized carbons (Fsp3) is 0.480. The van der Waals surface area contributed by atoms with E-state index in [4.69, 9.17) is 9.47 Å². The SMILES string of the molecule is CCOC(C(=O)OCCC[N+](C)(CC)CC)(c1ccccc1)c1ccccc1.COS(=O)(=O)[O-]. The van der Waals surface area contributed by atoms with Crippen LogP contribution in [0.3, 0.4) is 0 Å². The van der Waals surface area contributed by atoms with E-state index in [1.54, 1.807) is 0 Å². The number of nitrogens with zero attached hydrogens (tertiary/aromatic N) is 1. The van der Waals surface area contributed by atoms with Gasteiger partial charge in [0.15, 0.2) is 0 Å². The second-order valence-corrected chi connectivity index (χ2v) is 9.04. The first kappa shape index (κ1) is 29.7. The molecule has 34 heavy (non-hydrogen) atoms. The largest absolute Gasteiger partial charge is 0.726 e. The summed E-state index contributed by atoms with van der Waals surface area (Å²) in [5.41, 5.74) is 0.330. The number of benzene rings is 2. The minimum Gasteiger partial charge on any atom is -0.726 e. The van der Waals surface area contributed by atoms with Gasteiger partial charge in [0, 0.05) is 13.0 Å². The Hall–Kier alpha value is -2.30. The molecule has 0 spiro atoms. The number of quaternary nitrogens is 1. The van der Waals surface area contributed by atoms with Gasteiger partial charge in [-0.25, -0.2) is 13.2 Å². The monoisotopic (exact) mass is 495 g/mol. The van der Waals surface area contributed by atoms with Crippen molar-refractivity contribution in [2.45, 2.75) is 32.8 Å². The fourth-order valence-corrected chi connectivity index (χ4v) is 3.44. The van der Waals surface area contributed by atoms with Gasteiger partial charge in [0.25, 0.3) is 0 Å². The molecule has 0 aromatic heterocycles. The maximum atomic E-state index is 13.4. The lowest BCUT2D eigenvalue weighted by atomic mass is 9.86. The van der Waals surface area contributed by atoms with E-state index in [2.05, 4.69) is 25.1 Å². The molecule has 0 aliphatic carbocycles. The van der Waals surface area contributed by atoms with Crippen molar-refractivity contribution in [2.75, 3.05) is 47.0 Å². The first-order chi connectivity index (χ1) is 16.1. The van der Waals surface area contributed by atoms with Gasteiger partial charge in [-0.1, -0.05) is 60.7 Å². The van der Waals surface area contributed by atoms with Crippen LogP contribution in [0.4, 0.5) is 0 Å². The lowest BCUT2D eigenvalue weighted by Crippen LogP contribution is -2.45. The summed E-state index contributed by atoms with van der Waals surface area (Å²) in [7, 11) is -1.37. The normalized spacial score (nSPS) is 11.9. The predicted molar refractivity (Wildman–Crippen MR) is 130 cm³/mol. The third kappa shape index (κ3) is 8.81. The van der Waals surface area contributed by atoms with Crippen LogP contribution in [0.2, 0.25) is 0 Å². The van der Waals surface area contributed by atoms with Crippen LogP contribution in [0.25, 0.3) is 0 Å². The molecule has 0 atom stereocenters. The Bertz CT molecular complexity index is 906. The van der Waals surface area contributed by atoms with Crippen LogP contribution in [0, 0.1) is 0 Å². The molecule has 0 N–H and O–H groups in total. The molecule has 2 aromatic carbocycles. The zero-order chi connectivity index (χ0) is 25.7. The summed E-state index contributed by atoms with van der Waals surface area (Å²) in [6.07, 6.45) is 0.829. The summed E-state index contributed by atoms with van der Waals surface area (Å²) in [6, 6.07) is 19.2. The van der Waals surface area contributed by atoms with Gasteiger partial charge < -0.3 is 18.5 Å². The number of hydrogen-bond donors (Lipinski definition) is 0. The molecule has 190 valence electrons. The molecule has 0 saturated heterocycles. The molecular formula is C25H37NO7S. The number of ether oxygens (including phenoxy) is 2. The average molecular weight is 496 g/mol. The lowest BCUT2D eigenvalue weighted by molar-refractivity contribution is -0.906. The minimum atomic E-state index is -4.41. The summed E-state index contributed by atoms with van der Waals surface area (Å²) in [4.78, 5) is 13.4. The van der Waals surface area contributed by atoms with Crippen LogP contribution in [0.15, 0.2) is 60.7 Å². The van der Waals surface area contributed by atoms with Crippen molar-refractivity contribution < 1.29 is 35.9 Å². The van der Waals surface area contributed by atoms with Crippen LogP contribution in [-0.4, -0.2) is 70.4 Å². The van der Waals surface area contributed by atoms with Crippen molar-refractivity contribution >= 4 is 16.4 Å². The van der Waals surface area contributed by atoms with Gasteiger partial charge in [-0.2, -0.15) is 0 Å². The van der Waals surface area contributed by atoms with E-state index in [1.165, 1.54) is 0 Å². The number of rotatable bonds is 12. The molecule has 2 rings (SSSR count). The van der Waals surface area contributed by atoms with E-state index in [0.29, 0.717) is 13.2 Å². The Kier molecular flexibility index (Phi) is 12.4. The van der Waals surface area contributed by atoms with Crippen molar-refractivity contribution in [3.8, 4) is 0 Å². The highest BCUT2D eigenvalue weighted by Gasteiger charge is 2.44. The molecule has 0 fully saturated rings. The number of esters is 1. The summed E-state index contributed by atoms with van der Waals surface area (Å²) in [5, 5.41) is 0. The molecule has 0 heterocycles. The quantitative estimate of drug-likeness (QED) is 0.146. The van der Waals surface area contributed by atoms with Crippen molar-refractivity contribution in [1.29, 1.82) is 0 Å². The van der Waals surface area contributed by atoms with Crippen LogP contribution >= 0.6 is 0 Å². The van der Waals surface area contributed by atoms with E-state index in [0.717, 1.165) is 48.8 Å². The third-order valence-electron chi connectivity index (χ3n) is 5.82. The summed E-state index contributed by atoms with van der Waals surface area (Å²) in [6.45, 7) is 10.2.